The first-order valence-corrected chi connectivity index (χ1v) is 8.15. The molecule has 1 amide bonds. The number of benzene rings is 1. The van der Waals surface area contributed by atoms with Crippen LogP contribution in [0.1, 0.15) is 17.3 Å². The van der Waals surface area contributed by atoms with Crippen LogP contribution in [-0.2, 0) is 19.1 Å². The Labute approximate surface area is 143 Å². The number of carboxylic acid groups (broad SMARTS) is 1. The van der Waals surface area contributed by atoms with E-state index in [1.54, 1.807) is 37.3 Å². The maximum absolute atomic E-state index is 12.9. The number of fused-ring (bicyclic) bond motifs is 1. The number of amides is 1. The summed E-state index contributed by atoms with van der Waals surface area (Å²) in [4.78, 5) is 37.7. The zero-order valence-corrected chi connectivity index (χ0v) is 13.5. The monoisotopic (exact) mass is 343 g/mol. The minimum atomic E-state index is -1.02. The van der Waals surface area contributed by atoms with Crippen molar-refractivity contribution in [1.29, 1.82) is 0 Å². The van der Waals surface area contributed by atoms with Crippen LogP contribution in [0.15, 0.2) is 36.4 Å². The molecule has 2 fully saturated rings. The molecular weight excluding hydrogens is 326 g/mol. The van der Waals surface area contributed by atoms with Crippen molar-refractivity contribution >= 4 is 23.5 Å². The number of hydrogen-bond acceptors (Lipinski definition) is 5. The van der Waals surface area contributed by atoms with Gasteiger partial charge in [0.2, 0.25) is 5.91 Å². The molecule has 7 nitrogen and oxygen atoms in total. The van der Waals surface area contributed by atoms with Crippen molar-refractivity contribution in [3.05, 3.63) is 42.0 Å². The number of hydrogen-bond donors (Lipinski definition) is 1. The summed E-state index contributed by atoms with van der Waals surface area (Å²) in [6, 6.07) is 6.51. The number of carboxylic acids is 1. The zero-order chi connectivity index (χ0) is 17.8. The maximum Gasteiger partial charge on any atom is 0.338 e. The van der Waals surface area contributed by atoms with E-state index in [0.29, 0.717) is 11.3 Å². The van der Waals surface area contributed by atoms with E-state index in [2.05, 4.69) is 0 Å². The van der Waals surface area contributed by atoms with Crippen LogP contribution in [0, 0.1) is 11.8 Å². The molecule has 1 aromatic rings. The molecule has 4 atom stereocenters. The molecule has 3 aliphatic heterocycles. The topological polar surface area (TPSA) is 93.1 Å². The highest BCUT2D eigenvalue weighted by molar-refractivity contribution is 6.02. The van der Waals surface area contributed by atoms with Gasteiger partial charge in [-0.2, -0.15) is 0 Å². The molecule has 0 radical (unpaired) electrons. The Kier molecular flexibility index (Phi) is 3.43. The van der Waals surface area contributed by atoms with Crippen LogP contribution in [0.5, 0.6) is 0 Å². The van der Waals surface area contributed by atoms with Crippen LogP contribution in [0.3, 0.4) is 0 Å². The molecule has 0 aliphatic carbocycles. The molecule has 0 aromatic heterocycles. The fraction of sp³-hybridized carbons (Fsp3) is 0.389. The summed E-state index contributed by atoms with van der Waals surface area (Å²) in [6.45, 7) is 2.29. The van der Waals surface area contributed by atoms with Crippen LogP contribution in [0.2, 0.25) is 0 Å². The Bertz CT molecular complexity index is 785. The second-order valence-corrected chi connectivity index (χ2v) is 6.43. The fourth-order valence-electron chi connectivity index (χ4n) is 3.99. The van der Waals surface area contributed by atoms with Crippen LogP contribution >= 0.6 is 0 Å². The second kappa shape index (κ2) is 5.42. The first-order chi connectivity index (χ1) is 12.0. The Morgan fingerprint density at radius 1 is 1.36 bits per heavy atom. The molecule has 0 unspecified atom stereocenters. The standard InChI is InChI=1S/C18H17NO6/c1-2-24-17(23)10-3-5-11(6-4-10)19-9-18-8-7-12(25-18)13(16(21)22)14(18)15(19)20/h3-8,12-14H,2,9H2,1H3,(H,21,22)/t12-,13-,14-,18-/m1/s1. The Morgan fingerprint density at radius 2 is 2.08 bits per heavy atom. The molecule has 130 valence electrons. The molecule has 1 aromatic carbocycles. The molecule has 0 saturated carbocycles. The zero-order valence-electron chi connectivity index (χ0n) is 13.5. The van der Waals surface area contributed by atoms with Gasteiger partial charge >= 0.3 is 11.9 Å². The molecule has 25 heavy (non-hydrogen) atoms. The predicted molar refractivity (Wildman–Crippen MR) is 86.1 cm³/mol. The third kappa shape index (κ3) is 2.19. The maximum atomic E-state index is 12.9. The van der Waals surface area contributed by atoms with Gasteiger partial charge in [0.05, 0.1) is 30.7 Å². The van der Waals surface area contributed by atoms with E-state index in [-0.39, 0.29) is 19.1 Å². The van der Waals surface area contributed by atoms with Crippen LogP contribution < -0.4 is 4.90 Å². The van der Waals surface area contributed by atoms with Gasteiger partial charge in [0.25, 0.3) is 0 Å². The third-order valence-corrected chi connectivity index (χ3v) is 5.08. The summed E-state index contributed by atoms with van der Waals surface area (Å²) >= 11 is 0. The molecule has 1 N–H and O–H groups in total. The summed E-state index contributed by atoms with van der Waals surface area (Å²) in [5.41, 5.74) is 0.132. The third-order valence-electron chi connectivity index (χ3n) is 5.08. The number of anilines is 1. The number of carbonyl (C=O) groups is 3. The van der Waals surface area contributed by atoms with Gasteiger partial charge in [-0.15, -0.1) is 0 Å². The Balaban J connectivity index is 1.61. The minimum Gasteiger partial charge on any atom is -0.481 e. The lowest BCUT2D eigenvalue weighted by Crippen LogP contribution is -2.39. The highest BCUT2D eigenvalue weighted by atomic mass is 16.5. The molecule has 3 heterocycles. The molecule has 4 rings (SSSR count). The molecule has 1 spiro atoms. The van der Waals surface area contributed by atoms with Gasteiger partial charge in [0.1, 0.15) is 11.5 Å². The number of aliphatic carboxylic acids is 1. The van der Waals surface area contributed by atoms with E-state index >= 15 is 0 Å². The highest BCUT2D eigenvalue weighted by Crippen LogP contribution is 2.52. The van der Waals surface area contributed by atoms with Gasteiger partial charge in [-0.1, -0.05) is 12.2 Å². The number of ether oxygens (including phenoxy) is 2. The number of nitrogens with zero attached hydrogens (tertiary/aromatic N) is 1. The average Bonchev–Trinajstić information content (AvgIpc) is 3.23. The number of carbonyl (C=O) groups excluding carboxylic acids is 2. The van der Waals surface area contributed by atoms with Gasteiger partial charge in [-0.3, -0.25) is 9.59 Å². The van der Waals surface area contributed by atoms with Crippen molar-refractivity contribution in [2.45, 2.75) is 18.6 Å². The molecule has 7 heteroatoms. The second-order valence-electron chi connectivity index (χ2n) is 6.43. The van der Waals surface area contributed by atoms with Crippen molar-refractivity contribution in [2.24, 2.45) is 11.8 Å². The quantitative estimate of drug-likeness (QED) is 0.653. The van der Waals surface area contributed by atoms with Gasteiger partial charge in [0.15, 0.2) is 0 Å². The summed E-state index contributed by atoms with van der Waals surface area (Å²) in [7, 11) is 0. The summed E-state index contributed by atoms with van der Waals surface area (Å²) in [6.07, 6.45) is 3.00. The first kappa shape index (κ1) is 15.8. The molecular formula is C18H17NO6. The van der Waals surface area contributed by atoms with Crippen molar-refractivity contribution in [3.63, 3.8) is 0 Å². The number of esters is 1. The summed E-state index contributed by atoms with van der Waals surface area (Å²) in [5.74, 6) is -3.28. The van der Waals surface area contributed by atoms with Crippen LogP contribution in [-0.4, -0.2) is 47.8 Å². The van der Waals surface area contributed by atoms with Crippen molar-refractivity contribution in [1.82, 2.24) is 0 Å². The summed E-state index contributed by atoms with van der Waals surface area (Å²) in [5, 5.41) is 9.47. The minimum absolute atomic E-state index is 0.261. The van der Waals surface area contributed by atoms with Gasteiger partial charge in [-0.05, 0) is 31.2 Å². The lowest BCUT2D eigenvalue weighted by Gasteiger charge is -2.21. The largest absolute Gasteiger partial charge is 0.481 e. The van der Waals surface area contributed by atoms with E-state index in [1.807, 2.05) is 6.08 Å². The molecule has 2 saturated heterocycles. The van der Waals surface area contributed by atoms with E-state index in [1.165, 1.54) is 4.90 Å². The SMILES string of the molecule is CCOC(=O)c1ccc(N2C[C@@]34C=C[C@@H](O3)[C@@H](C(=O)O)[C@@H]4C2=O)cc1. The normalized spacial score (nSPS) is 32.1. The van der Waals surface area contributed by atoms with Crippen LogP contribution in [0.25, 0.3) is 0 Å². The molecule has 2 bridgehead atoms. The van der Waals surface area contributed by atoms with E-state index in [0.717, 1.165) is 0 Å². The Hall–Kier alpha value is -2.67. The predicted octanol–water partition coefficient (Wildman–Crippen LogP) is 1.23. The average molecular weight is 343 g/mol. The van der Waals surface area contributed by atoms with Crippen LogP contribution in [0.4, 0.5) is 5.69 Å². The van der Waals surface area contributed by atoms with Gasteiger partial charge in [0, 0.05) is 5.69 Å². The summed E-state index contributed by atoms with van der Waals surface area (Å²) < 4.78 is 10.8. The highest BCUT2D eigenvalue weighted by Gasteiger charge is 2.67. The van der Waals surface area contributed by atoms with Gasteiger partial charge < -0.3 is 19.5 Å². The number of rotatable bonds is 4. The van der Waals surface area contributed by atoms with Gasteiger partial charge in [-0.25, -0.2) is 4.79 Å². The fourth-order valence-corrected chi connectivity index (χ4v) is 3.99. The first-order valence-electron chi connectivity index (χ1n) is 8.15. The van der Waals surface area contributed by atoms with Crippen molar-refractivity contribution < 1.29 is 29.0 Å². The van der Waals surface area contributed by atoms with Crippen molar-refractivity contribution in [2.75, 3.05) is 18.1 Å². The van der Waals surface area contributed by atoms with E-state index < -0.39 is 35.5 Å². The lowest BCUT2D eigenvalue weighted by atomic mass is 9.77. The van der Waals surface area contributed by atoms with E-state index in [4.69, 9.17) is 9.47 Å². The lowest BCUT2D eigenvalue weighted by molar-refractivity contribution is -0.146. The van der Waals surface area contributed by atoms with Crippen molar-refractivity contribution in [3.8, 4) is 0 Å². The molecule has 3 aliphatic rings. The van der Waals surface area contributed by atoms with E-state index in [9.17, 15) is 19.5 Å². The smallest absolute Gasteiger partial charge is 0.338 e. The Morgan fingerprint density at radius 3 is 2.72 bits per heavy atom.